The zero-order valence-electron chi connectivity index (χ0n) is 12.1. The maximum atomic E-state index is 9.71. The zero-order valence-corrected chi connectivity index (χ0v) is 12.1. The Morgan fingerprint density at radius 2 is 2.00 bits per heavy atom. The summed E-state index contributed by atoms with van der Waals surface area (Å²) in [6.07, 6.45) is 6.72. The fraction of sp³-hybridized carbons (Fsp3) is 0.625. The van der Waals surface area contributed by atoms with Crippen molar-refractivity contribution in [3.8, 4) is 11.5 Å². The predicted octanol–water partition coefficient (Wildman–Crippen LogP) is 3.56. The smallest absolute Gasteiger partial charge is 0.161 e. The molecule has 19 heavy (non-hydrogen) atoms. The minimum absolute atomic E-state index is 0.228. The Bertz CT molecular complexity index is 400. The topological polar surface area (TPSA) is 32.7 Å². The average molecular weight is 263 g/mol. The highest BCUT2D eigenvalue weighted by atomic mass is 16.5. The number of nitrogens with zero attached hydrogens (tertiary/aromatic N) is 1. The van der Waals surface area contributed by atoms with E-state index in [1.807, 2.05) is 19.1 Å². The molecule has 0 unspecified atom stereocenters. The van der Waals surface area contributed by atoms with Gasteiger partial charge in [-0.3, -0.25) is 4.90 Å². The van der Waals surface area contributed by atoms with Gasteiger partial charge in [-0.15, -0.1) is 0 Å². The minimum atomic E-state index is 0.228. The predicted molar refractivity (Wildman–Crippen MR) is 77.6 cm³/mol. The van der Waals surface area contributed by atoms with Gasteiger partial charge in [0.05, 0.1) is 6.61 Å². The molecule has 0 atom stereocenters. The van der Waals surface area contributed by atoms with Crippen molar-refractivity contribution in [1.82, 2.24) is 4.90 Å². The van der Waals surface area contributed by atoms with Gasteiger partial charge in [0.25, 0.3) is 0 Å². The van der Waals surface area contributed by atoms with Gasteiger partial charge in [0.15, 0.2) is 11.5 Å². The number of rotatable bonds is 5. The molecule has 1 fully saturated rings. The molecule has 106 valence electrons. The third-order valence-corrected chi connectivity index (χ3v) is 3.95. The van der Waals surface area contributed by atoms with Crippen LogP contribution in [0.3, 0.4) is 0 Å². The van der Waals surface area contributed by atoms with Crippen LogP contribution in [-0.4, -0.2) is 29.7 Å². The molecule has 0 amide bonds. The van der Waals surface area contributed by atoms with Crippen LogP contribution in [0.5, 0.6) is 11.5 Å². The number of hydrogen-bond donors (Lipinski definition) is 1. The number of phenolic OH excluding ortho intramolecular Hbond substituents is 1. The second-order valence-corrected chi connectivity index (χ2v) is 5.44. The first-order chi connectivity index (χ1) is 9.20. The van der Waals surface area contributed by atoms with Crippen LogP contribution in [-0.2, 0) is 6.54 Å². The van der Waals surface area contributed by atoms with Crippen molar-refractivity contribution in [1.29, 1.82) is 0 Å². The number of ether oxygens (including phenoxy) is 1. The quantitative estimate of drug-likeness (QED) is 0.881. The molecule has 1 saturated carbocycles. The van der Waals surface area contributed by atoms with E-state index in [0.717, 1.165) is 6.54 Å². The Kier molecular flexibility index (Phi) is 5.08. The van der Waals surface area contributed by atoms with Gasteiger partial charge in [-0.05, 0) is 44.5 Å². The Morgan fingerprint density at radius 3 is 2.68 bits per heavy atom. The van der Waals surface area contributed by atoms with Gasteiger partial charge >= 0.3 is 0 Å². The van der Waals surface area contributed by atoms with Crippen LogP contribution < -0.4 is 4.74 Å². The summed E-state index contributed by atoms with van der Waals surface area (Å²) in [5, 5.41) is 9.71. The highest BCUT2D eigenvalue weighted by Gasteiger charge is 2.18. The molecular weight excluding hydrogens is 238 g/mol. The third-order valence-electron chi connectivity index (χ3n) is 3.95. The number of hydrogen-bond acceptors (Lipinski definition) is 3. The summed E-state index contributed by atoms with van der Waals surface area (Å²) in [4.78, 5) is 2.43. The zero-order chi connectivity index (χ0) is 13.7. The number of phenols is 1. The van der Waals surface area contributed by atoms with Crippen LogP contribution in [0.4, 0.5) is 0 Å². The van der Waals surface area contributed by atoms with Crippen LogP contribution >= 0.6 is 0 Å². The normalized spacial score (nSPS) is 16.8. The molecule has 0 radical (unpaired) electrons. The van der Waals surface area contributed by atoms with Gasteiger partial charge in [0.2, 0.25) is 0 Å². The van der Waals surface area contributed by atoms with Gasteiger partial charge in [-0.1, -0.05) is 25.3 Å². The summed E-state index contributed by atoms with van der Waals surface area (Å²) in [7, 11) is 2.20. The van der Waals surface area contributed by atoms with E-state index in [2.05, 4.69) is 11.9 Å². The maximum Gasteiger partial charge on any atom is 0.161 e. The summed E-state index contributed by atoms with van der Waals surface area (Å²) in [5.74, 6) is 0.822. The molecular formula is C16H25NO2. The number of benzene rings is 1. The summed E-state index contributed by atoms with van der Waals surface area (Å²) >= 11 is 0. The molecule has 0 heterocycles. The monoisotopic (exact) mass is 263 g/mol. The molecule has 1 aromatic carbocycles. The van der Waals surface area contributed by atoms with Crippen LogP contribution in [0, 0.1) is 0 Å². The largest absolute Gasteiger partial charge is 0.504 e. The highest BCUT2D eigenvalue weighted by Crippen LogP contribution is 2.28. The van der Waals surface area contributed by atoms with E-state index >= 15 is 0 Å². The van der Waals surface area contributed by atoms with E-state index in [1.165, 1.54) is 37.7 Å². The molecule has 3 nitrogen and oxygen atoms in total. The van der Waals surface area contributed by atoms with E-state index < -0.39 is 0 Å². The lowest BCUT2D eigenvalue weighted by Gasteiger charge is -2.31. The van der Waals surface area contributed by atoms with Crippen LogP contribution in [0.15, 0.2) is 18.2 Å². The molecule has 0 bridgehead atoms. The van der Waals surface area contributed by atoms with Gasteiger partial charge < -0.3 is 9.84 Å². The second-order valence-electron chi connectivity index (χ2n) is 5.44. The van der Waals surface area contributed by atoms with Crippen molar-refractivity contribution in [2.24, 2.45) is 0 Å². The van der Waals surface area contributed by atoms with Gasteiger partial charge in [-0.2, -0.15) is 0 Å². The van der Waals surface area contributed by atoms with E-state index in [0.29, 0.717) is 18.4 Å². The van der Waals surface area contributed by atoms with Crippen molar-refractivity contribution < 1.29 is 9.84 Å². The van der Waals surface area contributed by atoms with Crippen molar-refractivity contribution >= 4 is 0 Å². The Hall–Kier alpha value is -1.22. The van der Waals surface area contributed by atoms with Gasteiger partial charge in [0, 0.05) is 12.6 Å². The lowest BCUT2D eigenvalue weighted by molar-refractivity contribution is 0.184. The molecule has 1 N–H and O–H groups in total. The van der Waals surface area contributed by atoms with Crippen molar-refractivity contribution in [3.63, 3.8) is 0 Å². The standard InChI is InChI=1S/C16H25NO2/c1-3-19-16-11-13(9-10-15(16)18)12-17(2)14-7-5-4-6-8-14/h9-11,14,18H,3-8,12H2,1-2H3. The molecule has 2 rings (SSSR count). The molecule has 0 aromatic heterocycles. The summed E-state index contributed by atoms with van der Waals surface area (Å²) < 4.78 is 5.44. The Labute approximate surface area is 116 Å². The summed E-state index contributed by atoms with van der Waals surface area (Å²) in [5.41, 5.74) is 1.20. The SMILES string of the molecule is CCOc1cc(CN(C)C2CCCCC2)ccc1O. The molecule has 0 saturated heterocycles. The molecule has 0 aliphatic heterocycles. The van der Waals surface area contributed by atoms with Crippen LogP contribution in [0.1, 0.15) is 44.6 Å². The van der Waals surface area contributed by atoms with E-state index in [9.17, 15) is 5.11 Å². The molecule has 1 aliphatic carbocycles. The van der Waals surface area contributed by atoms with Gasteiger partial charge in [0.1, 0.15) is 0 Å². The van der Waals surface area contributed by atoms with Crippen molar-refractivity contribution in [2.45, 2.75) is 51.6 Å². The minimum Gasteiger partial charge on any atom is -0.504 e. The molecule has 3 heteroatoms. The van der Waals surface area contributed by atoms with E-state index in [1.54, 1.807) is 6.07 Å². The first-order valence-corrected chi connectivity index (χ1v) is 7.35. The summed E-state index contributed by atoms with van der Waals surface area (Å²) in [6, 6.07) is 6.38. The first kappa shape index (κ1) is 14.2. The van der Waals surface area contributed by atoms with Gasteiger partial charge in [-0.25, -0.2) is 0 Å². The van der Waals surface area contributed by atoms with E-state index in [-0.39, 0.29) is 5.75 Å². The Balaban J connectivity index is 1.99. The first-order valence-electron chi connectivity index (χ1n) is 7.35. The van der Waals surface area contributed by atoms with E-state index in [4.69, 9.17) is 4.74 Å². The maximum absolute atomic E-state index is 9.71. The fourth-order valence-electron chi connectivity index (χ4n) is 2.87. The van der Waals surface area contributed by atoms with Crippen molar-refractivity contribution in [2.75, 3.05) is 13.7 Å². The molecule has 1 aromatic rings. The molecule has 0 spiro atoms. The van der Waals surface area contributed by atoms with Crippen molar-refractivity contribution in [3.05, 3.63) is 23.8 Å². The lowest BCUT2D eigenvalue weighted by Crippen LogP contribution is -2.32. The highest BCUT2D eigenvalue weighted by molar-refractivity contribution is 5.41. The molecule has 1 aliphatic rings. The average Bonchev–Trinajstić information content (AvgIpc) is 2.44. The third kappa shape index (κ3) is 3.87. The summed E-state index contributed by atoms with van der Waals surface area (Å²) in [6.45, 7) is 3.43. The van der Waals surface area contributed by atoms with Crippen LogP contribution in [0.25, 0.3) is 0 Å². The fourth-order valence-corrected chi connectivity index (χ4v) is 2.87. The lowest BCUT2D eigenvalue weighted by atomic mass is 9.94. The Morgan fingerprint density at radius 1 is 1.26 bits per heavy atom. The van der Waals surface area contributed by atoms with Crippen LogP contribution in [0.2, 0.25) is 0 Å². The second kappa shape index (κ2) is 6.80. The number of aromatic hydroxyl groups is 1.